The van der Waals surface area contributed by atoms with E-state index in [0.717, 1.165) is 7.05 Å². The van der Waals surface area contributed by atoms with Gasteiger partial charge >= 0.3 is 12.1 Å². The summed E-state index contributed by atoms with van der Waals surface area (Å²) in [5.74, 6) is -1.84. The Balaban J connectivity index is 3.47. The van der Waals surface area contributed by atoms with Crippen molar-refractivity contribution in [2.45, 2.75) is 12.9 Å². The van der Waals surface area contributed by atoms with Crippen molar-refractivity contribution >= 4 is 5.97 Å². The Hall–Kier alpha value is -1.60. The minimum absolute atomic E-state index is 0.576. The monoisotopic (exact) mass is 226 g/mol. The molecule has 0 amide bonds. The summed E-state index contributed by atoms with van der Waals surface area (Å²) in [6.45, 7) is -1.32. The highest BCUT2D eigenvalue weighted by Crippen LogP contribution is 2.32. The number of carbonyl (C=O) groups is 1. The van der Waals surface area contributed by atoms with Crippen molar-refractivity contribution in [1.29, 1.82) is 0 Å². The standard InChI is InChI=1S/C7H6F4N2O2/c1-13-3(2-8)4(6(14)15)5(12-13)7(9,10)11/h2H2,1H3,(H,14,15). The van der Waals surface area contributed by atoms with E-state index in [1.54, 1.807) is 0 Å². The maximum Gasteiger partial charge on any atom is 0.436 e. The topological polar surface area (TPSA) is 55.1 Å². The molecule has 0 aromatic carbocycles. The van der Waals surface area contributed by atoms with Crippen molar-refractivity contribution < 1.29 is 27.5 Å². The van der Waals surface area contributed by atoms with Gasteiger partial charge in [0.2, 0.25) is 0 Å². The maximum atomic E-state index is 12.3. The number of hydrogen-bond acceptors (Lipinski definition) is 2. The van der Waals surface area contributed by atoms with Crippen LogP contribution in [0.5, 0.6) is 0 Å². The van der Waals surface area contributed by atoms with Crippen LogP contribution in [0.3, 0.4) is 0 Å². The highest BCUT2D eigenvalue weighted by Gasteiger charge is 2.41. The third-order valence-electron chi connectivity index (χ3n) is 1.77. The first-order chi connectivity index (χ1) is 6.79. The molecule has 8 heteroatoms. The van der Waals surface area contributed by atoms with Gasteiger partial charge in [-0.3, -0.25) is 4.68 Å². The number of carboxylic acids is 1. The molecule has 1 heterocycles. The largest absolute Gasteiger partial charge is 0.478 e. The summed E-state index contributed by atoms with van der Waals surface area (Å²) in [6, 6.07) is 0. The molecule has 0 unspecified atom stereocenters. The Kier molecular flexibility index (Phi) is 2.69. The summed E-state index contributed by atoms with van der Waals surface area (Å²) in [6.07, 6.45) is -4.90. The molecule has 0 spiro atoms. The van der Waals surface area contributed by atoms with E-state index in [0.29, 0.717) is 4.68 Å². The molecule has 0 aliphatic carbocycles. The zero-order valence-corrected chi connectivity index (χ0v) is 7.47. The third-order valence-corrected chi connectivity index (χ3v) is 1.77. The molecule has 1 rings (SSSR count). The van der Waals surface area contributed by atoms with Gasteiger partial charge in [-0.1, -0.05) is 0 Å². The second-order valence-electron chi connectivity index (χ2n) is 2.73. The first-order valence-corrected chi connectivity index (χ1v) is 3.71. The molecule has 15 heavy (non-hydrogen) atoms. The zero-order valence-electron chi connectivity index (χ0n) is 7.47. The molecular weight excluding hydrogens is 220 g/mol. The van der Waals surface area contributed by atoms with E-state index in [9.17, 15) is 22.4 Å². The Morgan fingerprint density at radius 3 is 2.40 bits per heavy atom. The van der Waals surface area contributed by atoms with Crippen LogP contribution in [0.2, 0.25) is 0 Å². The lowest BCUT2D eigenvalue weighted by molar-refractivity contribution is -0.141. The number of aromatic nitrogens is 2. The molecule has 84 valence electrons. The zero-order chi connectivity index (χ0) is 11.8. The normalized spacial score (nSPS) is 11.8. The van der Waals surface area contributed by atoms with Gasteiger partial charge in [0.15, 0.2) is 5.69 Å². The van der Waals surface area contributed by atoms with Crippen LogP contribution in [0.15, 0.2) is 0 Å². The van der Waals surface area contributed by atoms with E-state index in [2.05, 4.69) is 5.10 Å². The molecule has 1 aromatic heterocycles. The fourth-order valence-corrected chi connectivity index (χ4v) is 1.14. The second-order valence-corrected chi connectivity index (χ2v) is 2.73. The first-order valence-electron chi connectivity index (χ1n) is 3.71. The number of nitrogens with zero attached hydrogens (tertiary/aromatic N) is 2. The summed E-state index contributed by atoms with van der Waals surface area (Å²) in [4.78, 5) is 10.5. The quantitative estimate of drug-likeness (QED) is 0.779. The number of aromatic carboxylic acids is 1. The average Bonchev–Trinajstić information content (AvgIpc) is 2.41. The van der Waals surface area contributed by atoms with Gasteiger partial charge in [-0.25, -0.2) is 9.18 Å². The summed E-state index contributed by atoms with van der Waals surface area (Å²) in [5, 5.41) is 11.5. The van der Waals surface area contributed by atoms with Gasteiger partial charge in [0.25, 0.3) is 0 Å². The molecule has 1 N–H and O–H groups in total. The van der Waals surface area contributed by atoms with E-state index in [-0.39, 0.29) is 0 Å². The minimum atomic E-state index is -4.90. The van der Waals surface area contributed by atoms with Crippen molar-refractivity contribution in [2.24, 2.45) is 7.05 Å². The van der Waals surface area contributed by atoms with Gasteiger partial charge in [0.1, 0.15) is 12.2 Å². The maximum absolute atomic E-state index is 12.3. The summed E-state index contributed by atoms with van der Waals surface area (Å²) >= 11 is 0. The molecule has 1 aromatic rings. The molecule has 0 aliphatic heterocycles. The summed E-state index contributed by atoms with van der Waals surface area (Å²) in [5.41, 5.74) is -3.31. The lowest BCUT2D eigenvalue weighted by Crippen LogP contribution is -2.12. The van der Waals surface area contributed by atoms with Crippen molar-refractivity contribution in [3.05, 3.63) is 17.0 Å². The average molecular weight is 226 g/mol. The number of hydrogen-bond donors (Lipinski definition) is 1. The molecule has 0 fully saturated rings. The fraction of sp³-hybridized carbons (Fsp3) is 0.429. The van der Waals surface area contributed by atoms with Gasteiger partial charge in [-0.15, -0.1) is 0 Å². The van der Waals surface area contributed by atoms with Gasteiger partial charge in [-0.2, -0.15) is 18.3 Å². The van der Waals surface area contributed by atoms with Gasteiger partial charge in [0.05, 0.1) is 5.69 Å². The van der Waals surface area contributed by atoms with Crippen LogP contribution in [0, 0.1) is 0 Å². The van der Waals surface area contributed by atoms with Crippen LogP contribution >= 0.6 is 0 Å². The molecule has 0 saturated carbocycles. The smallest absolute Gasteiger partial charge is 0.436 e. The van der Waals surface area contributed by atoms with Crippen molar-refractivity contribution in [3.63, 3.8) is 0 Å². The molecule has 0 aliphatic rings. The summed E-state index contributed by atoms with van der Waals surface area (Å²) < 4.78 is 49.7. The van der Waals surface area contributed by atoms with Crippen LogP contribution in [0.1, 0.15) is 21.7 Å². The van der Waals surface area contributed by atoms with Crippen LogP contribution in [0.25, 0.3) is 0 Å². The third kappa shape index (κ3) is 1.92. The fourth-order valence-electron chi connectivity index (χ4n) is 1.14. The molecule has 0 atom stereocenters. The number of alkyl halides is 4. The molecular formula is C7H6F4N2O2. The SMILES string of the molecule is Cn1nc(C(F)(F)F)c(C(=O)O)c1CF. The second kappa shape index (κ2) is 3.52. The number of rotatable bonds is 2. The lowest BCUT2D eigenvalue weighted by Gasteiger charge is -2.02. The number of carboxylic acid groups (broad SMARTS) is 1. The molecule has 0 saturated heterocycles. The number of halogens is 4. The van der Waals surface area contributed by atoms with E-state index in [4.69, 9.17) is 5.11 Å². The Morgan fingerprint density at radius 1 is 1.53 bits per heavy atom. The summed E-state index contributed by atoms with van der Waals surface area (Å²) in [7, 11) is 1.05. The van der Waals surface area contributed by atoms with Crippen molar-refractivity contribution in [1.82, 2.24) is 9.78 Å². The Labute approximate surface area is 81.1 Å². The highest BCUT2D eigenvalue weighted by atomic mass is 19.4. The van der Waals surface area contributed by atoms with Gasteiger partial charge in [-0.05, 0) is 0 Å². The highest BCUT2D eigenvalue weighted by molar-refractivity contribution is 5.90. The van der Waals surface area contributed by atoms with E-state index in [1.807, 2.05) is 0 Å². The first kappa shape index (κ1) is 11.5. The minimum Gasteiger partial charge on any atom is -0.478 e. The lowest BCUT2D eigenvalue weighted by atomic mass is 10.2. The van der Waals surface area contributed by atoms with Crippen molar-refractivity contribution in [3.8, 4) is 0 Å². The Bertz CT molecular complexity index is 396. The molecule has 0 bridgehead atoms. The predicted molar refractivity (Wildman–Crippen MR) is 40.0 cm³/mol. The van der Waals surface area contributed by atoms with Gasteiger partial charge in [0, 0.05) is 7.05 Å². The van der Waals surface area contributed by atoms with Crippen LogP contribution in [-0.4, -0.2) is 20.9 Å². The van der Waals surface area contributed by atoms with Crippen LogP contribution in [0.4, 0.5) is 17.6 Å². The van der Waals surface area contributed by atoms with Gasteiger partial charge < -0.3 is 5.11 Å². The van der Waals surface area contributed by atoms with E-state index >= 15 is 0 Å². The van der Waals surface area contributed by atoms with Crippen LogP contribution < -0.4 is 0 Å². The van der Waals surface area contributed by atoms with E-state index in [1.165, 1.54) is 0 Å². The predicted octanol–water partition coefficient (Wildman–Crippen LogP) is 1.61. The van der Waals surface area contributed by atoms with E-state index < -0.39 is 35.8 Å². The number of aryl methyl sites for hydroxylation is 1. The molecule has 0 radical (unpaired) electrons. The van der Waals surface area contributed by atoms with Crippen molar-refractivity contribution in [2.75, 3.05) is 0 Å². The van der Waals surface area contributed by atoms with Crippen LogP contribution in [-0.2, 0) is 19.9 Å². The molecule has 4 nitrogen and oxygen atoms in total. The Morgan fingerprint density at radius 2 is 2.07 bits per heavy atom.